The topological polar surface area (TPSA) is 6.48 Å². The van der Waals surface area contributed by atoms with Crippen LogP contribution < -0.4 is 9.80 Å². The third-order valence-electron chi connectivity index (χ3n) is 17.5. The minimum atomic E-state index is -0.675. The first kappa shape index (κ1) is 54.5. The minimum absolute atomic E-state index is 0.0356. The maximum absolute atomic E-state index is 4.07. The van der Waals surface area contributed by atoms with Gasteiger partial charge in [0.15, 0.2) is 0 Å². The van der Waals surface area contributed by atoms with Gasteiger partial charge in [-0.1, -0.05) is 225 Å². The Balaban J connectivity index is 1.16. The summed E-state index contributed by atoms with van der Waals surface area (Å²) in [4.78, 5) is 4.78. The van der Waals surface area contributed by atoms with Crippen molar-refractivity contribution < 1.29 is 0 Å². The molecule has 0 saturated carbocycles. The number of aryl methyl sites for hydroxylation is 1. The van der Waals surface area contributed by atoms with Crippen LogP contribution in [0, 0.1) is 6.92 Å². The second kappa shape index (κ2) is 21.5. The third kappa shape index (κ3) is 9.60. The van der Waals surface area contributed by atoms with E-state index in [2.05, 4.69) is 295 Å². The normalized spacial score (nSPS) is 13.7. The van der Waals surface area contributed by atoms with Gasteiger partial charge < -0.3 is 9.80 Å². The quantitative estimate of drug-likeness (QED) is 0.0951. The van der Waals surface area contributed by atoms with Crippen LogP contribution in [0.4, 0.5) is 34.1 Å². The monoisotopic (exact) mass is 1110 g/mol. The fourth-order valence-corrected chi connectivity index (χ4v) is 13.5. The Kier molecular flexibility index (Phi) is 14.7. The Morgan fingerprint density at radius 3 is 1.18 bits per heavy atom. The molecule has 0 heterocycles. The molecule has 9 aromatic rings. The molecule has 2 aliphatic rings. The molecule has 3 heteroatoms. The third-order valence-corrected chi connectivity index (χ3v) is 18.0. The van der Waals surface area contributed by atoms with Crippen LogP contribution in [0.1, 0.15) is 155 Å². The van der Waals surface area contributed by atoms with Gasteiger partial charge in [0.05, 0.1) is 5.41 Å². The van der Waals surface area contributed by atoms with Gasteiger partial charge >= 0.3 is 0 Å². The molecule has 0 saturated heterocycles. The number of anilines is 6. The van der Waals surface area contributed by atoms with E-state index in [9.17, 15) is 0 Å². The summed E-state index contributed by atoms with van der Waals surface area (Å²) in [5.41, 5.74) is 25.5. The summed E-state index contributed by atoms with van der Waals surface area (Å²) in [5.74, 6) is 0. The van der Waals surface area contributed by atoms with Gasteiger partial charge in [-0.2, -0.15) is 0 Å². The van der Waals surface area contributed by atoms with Crippen LogP contribution in [0.15, 0.2) is 212 Å². The maximum Gasteiger partial charge on any atom is 0.0713 e. The van der Waals surface area contributed by atoms with E-state index in [-0.39, 0.29) is 16.2 Å². The van der Waals surface area contributed by atoms with Gasteiger partial charge in [0.2, 0.25) is 0 Å². The Morgan fingerprint density at radius 2 is 0.762 bits per heavy atom. The molecule has 402 valence electrons. The molecule has 80 heavy (non-hydrogen) atoms. The van der Waals surface area contributed by atoms with E-state index in [1.165, 1.54) is 85.2 Å². The summed E-state index contributed by atoms with van der Waals surface area (Å²) in [6, 6.07) is 74.5. The molecule has 11 rings (SSSR count). The van der Waals surface area contributed by atoms with Crippen molar-refractivity contribution in [3.8, 4) is 22.3 Å². The van der Waals surface area contributed by atoms with Gasteiger partial charge in [-0.25, -0.2) is 0 Å². The lowest BCUT2D eigenvalue weighted by Gasteiger charge is -2.36. The molecule has 0 radical (unpaired) electrons. The van der Waals surface area contributed by atoms with Crippen molar-refractivity contribution in [1.29, 1.82) is 0 Å². The fraction of sp³-hybridized carbons (Fsp3) is 0.247. The first-order chi connectivity index (χ1) is 38.5. The molecule has 0 atom stereocenters. The Hall–Kier alpha value is -7.46. The first-order valence-corrected chi connectivity index (χ1v) is 29.9. The van der Waals surface area contributed by atoms with Crippen molar-refractivity contribution in [1.82, 2.24) is 0 Å². The van der Waals surface area contributed by atoms with E-state index < -0.39 is 5.41 Å². The lowest BCUT2D eigenvalue weighted by atomic mass is 9.66. The SMILES string of the molecule is C=Cc1ccc(N(c2ccc(C(C)(C)C)cc2)c2ccc(C3(c4ccc(N(c5ccc(C=C)cc5)c5ccc(C(C)(C)C)cc5)cc4)c4cc(C)ccc4-c4cc5c(cc43)-c3ccc(Br)cc3C5(CCCC)CCCC)cc2)cc1. The van der Waals surface area contributed by atoms with Crippen LogP contribution in [0.5, 0.6) is 0 Å². The van der Waals surface area contributed by atoms with Crippen LogP contribution in [0.25, 0.3) is 34.4 Å². The zero-order chi connectivity index (χ0) is 56.1. The van der Waals surface area contributed by atoms with E-state index in [1.807, 2.05) is 12.2 Å². The van der Waals surface area contributed by atoms with E-state index in [4.69, 9.17) is 0 Å². The summed E-state index contributed by atoms with van der Waals surface area (Å²) in [5, 5.41) is 0. The number of rotatable bonds is 16. The van der Waals surface area contributed by atoms with E-state index in [0.29, 0.717) is 0 Å². The summed E-state index contributed by atoms with van der Waals surface area (Å²) in [6.07, 6.45) is 10.8. The van der Waals surface area contributed by atoms with Crippen molar-refractivity contribution >= 4 is 62.2 Å². The van der Waals surface area contributed by atoms with Crippen LogP contribution in [-0.2, 0) is 21.7 Å². The molecule has 9 aromatic carbocycles. The Morgan fingerprint density at radius 1 is 0.412 bits per heavy atom. The van der Waals surface area contributed by atoms with Crippen LogP contribution in [0.3, 0.4) is 0 Å². The van der Waals surface area contributed by atoms with Crippen molar-refractivity contribution in [2.45, 2.75) is 122 Å². The van der Waals surface area contributed by atoms with Gasteiger partial charge in [-0.3, -0.25) is 0 Å². The van der Waals surface area contributed by atoms with Crippen LogP contribution in [-0.4, -0.2) is 0 Å². The van der Waals surface area contributed by atoms with E-state index in [1.54, 1.807) is 0 Å². The molecule has 0 N–H and O–H groups in total. The number of halogens is 1. The smallest absolute Gasteiger partial charge is 0.0713 e. The van der Waals surface area contributed by atoms with Crippen molar-refractivity contribution in [3.05, 3.63) is 273 Å². The fourth-order valence-electron chi connectivity index (χ4n) is 13.2. The molecule has 0 aliphatic heterocycles. The highest BCUT2D eigenvalue weighted by Gasteiger charge is 2.50. The average molecular weight is 1110 g/mol. The molecule has 0 aromatic heterocycles. The molecule has 2 aliphatic carbocycles. The predicted molar refractivity (Wildman–Crippen MR) is 348 cm³/mol. The molecule has 0 amide bonds. The highest BCUT2D eigenvalue weighted by atomic mass is 79.9. The number of benzene rings is 9. The highest BCUT2D eigenvalue weighted by Crippen LogP contribution is 2.62. The molecule has 0 fully saturated rings. The molecule has 0 bridgehead atoms. The zero-order valence-electron chi connectivity index (χ0n) is 48.6. The van der Waals surface area contributed by atoms with Gasteiger partial charge in [0.1, 0.15) is 0 Å². The largest absolute Gasteiger partial charge is 0.311 e. The van der Waals surface area contributed by atoms with Crippen LogP contribution in [0.2, 0.25) is 0 Å². The Labute approximate surface area is 486 Å². The number of hydrogen-bond acceptors (Lipinski definition) is 2. The highest BCUT2D eigenvalue weighted by molar-refractivity contribution is 9.10. The number of hydrogen-bond donors (Lipinski definition) is 0. The molecular formula is C77H77BrN2. The average Bonchev–Trinajstić information content (AvgIpc) is 3.89. The number of unbranched alkanes of at least 4 members (excludes halogenated alkanes) is 2. The van der Waals surface area contributed by atoms with Gasteiger partial charge in [-0.05, 0) is 206 Å². The number of nitrogens with zero attached hydrogens (tertiary/aromatic N) is 2. The second-order valence-electron chi connectivity index (χ2n) is 24.7. The number of fused-ring (bicyclic) bond motifs is 6. The van der Waals surface area contributed by atoms with Gasteiger partial charge in [0.25, 0.3) is 0 Å². The van der Waals surface area contributed by atoms with Crippen molar-refractivity contribution in [2.24, 2.45) is 0 Å². The van der Waals surface area contributed by atoms with Crippen LogP contribution >= 0.6 is 15.9 Å². The molecular weight excluding hydrogens is 1030 g/mol. The van der Waals surface area contributed by atoms with Crippen molar-refractivity contribution in [3.63, 3.8) is 0 Å². The summed E-state index contributed by atoms with van der Waals surface area (Å²) >= 11 is 3.97. The lowest BCUT2D eigenvalue weighted by Crippen LogP contribution is -2.29. The Bertz CT molecular complexity index is 3550. The lowest BCUT2D eigenvalue weighted by molar-refractivity contribution is 0.414. The first-order valence-electron chi connectivity index (χ1n) is 29.1. The van der Waals surface area contributed by atoms with E-state index >= 15 is 0 Å². The molecule has 0 unspecified atom stereocenters. The summed E-state index contributed by atoms with van der Waals surface area (Å²) < 4.78 is 1.15. The standard InChI is InChI=1S/C77H77BrN2/c1-12-16-46-76(47-17-13-2)70-49-59(78)31-45-66(70)68-51-73-69(50-71(68)76)67-44-18-52(5)48-72(67)77(73,57-27-40-64(41-28-57)79(60-32-19-53(14-3)20-33-60)62-36-23-55(24-37-62)74(6,7)8)58-29-42-65(43-30-58)80(61-34-21-54(15-4)22-35-61)63-38-25-56(26-39-63)75(9,10)11/h14-15,18-45,48-51H,3-4,12-13,16-17,46-47H2,1-2,5-11H3. The van der Waals surface area contributed by atoms with Crippen molar-refractivity contribution in [2.75, 3.05) is 9.80 Å². The second-order valence-corrected chi connectivity index (χ2v) is 25.6. The van der Waals surface area contributed by atoms with E-state index in [0.717, 1.165) is 75.4 Å². The van der Waals surface area contributed by atoms with Gasteiger partial charge in [-0.15, -0.1) is 0 Å². The summed E-state index contributed by atoms with van der Waals surface area (Å²) in [6.45, 7) is 28.8. The maximum atomic E-state index is 4.07. The summed E-state index contributed by atoms with van der Waals surface area (Å²) in [7, 11) is 0. The molecule has 2 nitrogen and oxygen atoms in total. The van der Waals surface area contributed by atoms with Gasteiger partial charge in [0, 0.05) is 44.0 Å². The minimum Gasteiger partial charge on any atom is -0.311 e. The predicted octanol–water partition coefficient (Wildman–Crippen LogP) is 22.6. The zero-order valence-corrected chi connectivity index (χ0v) is 50.1. The molecule has 0 spiro atoms.